The van der Waals surface area contributed by atoms with Gasteiger partial charge in [-0.2, -0.15) is 0 Å². The lowest BCUT2D eigenvalue weighted by Crippen LogP contribution is -2.40. The molecule has 3 aromatic rings. The highest BCUT2D eigenvalue weighted by Gasteiger charge is 2.29. The van der Waals surface area contributed by atoms with Crippen LogP contribution in [0.5, 0.6) is 0 Å². The van der Waals surface area contributed by atoms with E-state index in [9.17, 15) is 14.4 Å². The van der Waals surface area contributed by atoms with Crippen molar-refractivity contribution in [1.29, 1.82) is 0 Å². The second-order valence-electron chi connectivity index (χ2n) is 8.57. The number of carbonyl (C=O) groups is 3. The van der Waals surface area contributed by atoms with Crippen molar-refractivity contribution in [3.05, 3.63) is 87.9 Å². The Morgan fingerprint density at radius 3 is 2.17 bits per heavy atom. The summed E-state index contributed by atoms with van der Waals surface area (Å²) in [6, 6.07) is 20.6. The summed E-state index contributed by atoms with van der Waals surface area (Å²) in [6.45, 7) is 3.23. The van der Waals surface area contributed by atoms with Crippen LogP contribution < -0.4 is 5.32 Å². The predicted molar refractivity (Wildman–Crippen MR) is 137 cm³/mol. The number of carboxylic acids is 1. The number of fused-ring (bicyclic) bond motifs is 3. The van der Waals surface area contributed by atoms with Crippen molar-refractivity contribution < 1.29 is 24.2 Å². The summed E-state index contributed by atoms with van der Waals surface area (Å²) in [6.07, 6.45) is -0.640. The van der Waals surface area contributed by atoms with Gasteiger partial charge in [-0.05, 0) is 70.2 Å². The molecule has 0 saturated heterocycles. The Morgan fingerprint density at radius 1 is 1.00 bits per heavy atom. The van der Waals surface area contributed by atoms with E-state index in [1.807, 2.05) is 36.4 Å². The number of hydrogen-bond donors (Lipinski definition) is 2. The van der Waals surface area contributed by atoms with Crippen molar-refractivity contribution in [2.75, 3.05) is 18.5 Å². The molecule has 1 aliphatic rings. The molecule has 3 aromatic carbocycles. The molecule has 0 fully saturated rings. The first kappa shape index (κ1) is 24.5. The average molecular weight is 537 g/mol. The number of aliphatic carboxylic acids is 1. The van der Waals surface area contributed by atoms with Gasteiger partial charge in [0.05, 0.1) is 5.56 Å². The second-order valence-corrected chi connectivity index (χ2v) is 9.42. The van der Waals surface area contributed by atoms with Crippen LogP contribution >= 0.6 is 15.9 Å². The van der Waals surface area contributed by atoms with Crippen LogP contribution in [0, 0.1) is 0 Å². The van der Waals surface area contributed by atoms with E-state index in [1.54, 1.807) is 26.0 Å². The number of nitrogens with zero attached hydrogens (tertiary/aromatic N) is 1. The number of ether oxygens (including phenoxy) is 1. The van der Waals surface area contributed by atoms with Crippen molar-refractivity contribution in [3.63, 3.8) is 0 Å². The lowest BCUT2D eigenvalue weighted by molar-refractivity contribution is -0.138. The van der Waals surface area contributed by atoms with Crippen molar-refractivity contribution in [1.82, 2.24) is 4.90 Å². The van der Waals surface area contributed by atoms with Gasteiger partial charge >= 0.3 is 12.1 Å². The standard InChI is InChI=1S/C27H25BrN2O5/c1-16(2)30(14-25(31)32)26(33)22-13-17(11-12-24(22)28)29-27(34)35-15-23-20-9-5-3-7-18(20)19-8-4-6-10-21(19)23/h3-13,16,23H,14-15H2,1-2H3,(H,29,34)(H,31,32). The van der Waals surface area contributed by atoms with Crippen LogP contribution in [0.15, 0.2) is 71.2 Å². The first-order valence-corrected chi connectivity index (χ1v) is 12.0. The van der Waals surface area contributed by atoms with E-state index in [1.165, 1.54) is 11.0 Å². The fraction of sp³-hybridized carbons (Fsp3) is 0.222. The smallest absolute Gasteiger partial charge is 0.411 e. The van der Waals surface area contributed by atoms with E-state index in [-0.39, 0.29) is 24.1 Å². The molecule has 0 heterocycles. The molecule has 0 unspecified atom stereocenters. The van der Waals surface area contributed by atoms with E-state index in [0.717, 1.165) is 22.3 Å². The summed E-state index contributed by atoms with van der Waals surface area (Å²) in [5.41, 5.74) is 5.13. The molecule has 8 heteroatoms. The van der Waals surface area contributed by atoms with Gasteiger partial charge < -0.3 is 14.7 Å². The van der Waals surface area contributed by atoms with Gasteiger partial charge in [0.25, 0.3) is 5.91 Å². The van der Waals surface area contributed by atoms with Crippen LogP contribution in [0.3, 0.4) is 0 Å². The molecule has 7 nitrogen and oxygen atoms in total. The first-order chi connectivity index (χ1) is 16.8. The largest absolute Gasteiger partial charge is 0.480 e. The molecule has 2 N–H and O–H groups in total. The summed E-state index contributed by atoms with van der Waals surface area (Å²) < 4.78 is 6.07. The number of benzene rings is 3. The van der Waals surface area contributed by atoms with Gasteiger partial charge in [-0.1, -0.05) is 48.5 Å². The summed E-state index contributed by atoms with van der Waals surface area (Å²) in [7, 11) is 0. The lowest BCUT2D eigenvalue weighted by Gasteiger charge is -2.25. The van der Waals surface area contributed by atoms with Crippen molar-refractivity contribution in [3.8, 4) is 11.1 Å². The van der Waals surface area contributed by atoms with Gasteiger partial charge in [-0.15, -0.1) is 0 Å². The molecule has 4 rings (SSSR count). The lowest BCUT2D eigenvalue weighted by atomic mass is 9.98. The Balaban J connectivity index is 1.47. The molecule has 0 aliphatic heterocycles. The van der Waals surface area contributed by atoms with Crippen LogP contribution in [0.2, 0.25) is 0 Å². The maximum Gasteiger partial charge on any atom is 0.411 e. The minimum absolute atomic E-state index is 0.0641. The number of carboxylic acid groups (broad SMARTS) is 1. The summed E-state index contributed by atoms with van der Waals surface area (Å²) in [5, 5.41) is 11.8. The summed E-state index contributed by atoms with van der Waals surface area (Å²) >= 11 is 3.35. The van der Waals surface area contributed by atoms with Gasteiger partial charge in [0.2, 0.25) is 0 Å². The maximum atomic E-state index is 13.0. The molecular formula is C27H25BrN2O5. The van der Waals surface area contributed by atoms with E-state index < -0.39 is 24.5 Å². The van der Waals surface area contributed by atoms with E-state index >= 15 is 0 Å². The SMILES string of the molecule is CC(C)N(CC(=O)O)C(=O)c1cc(NC(=O)OCC2c3ccccc3-c3ccccc32)ccc1Br. The summed E-state index contributed by atoms with van der Waals surface area (Å²) in [4.78, 5) is 38.1. The highest BCUT2D eigenvalue weighted by Crippen LogP contribution is 2.44. The Bertz CT molecular complexity index is 1240. The molecule has 0 bridgehead atoms. The molecule has 180 valence electrons. The van der Waals surface area contributed by atoms with Gasteiger partial charge in [0.1, 0.15) is 13.2 Å². The van der Waals surface area contributed by atoms with Crippen molar-refractivity contribution in [2.45, 2.75) is 25.8 Å². The molecule has 35 heavy (non-hydrogen) atoms. The highest BCUT2D eigenvalue weighted by atomic mass is 79.9. The van der Waals surface area contributed by atoms with Crippen molar-refractivity contribution >= 4 is 39.6 Å². The topological polar surface area (TPSA) is 95.9 Å². The Morgan fingerprint density at radius 2 is 1.60 bits per heavy atom. The van der Waals surface area contributed by atoms with E-state index in [0.29, 0.717) is 10.2 Å². The van der Waals surface area contributed by atoms with Crippen LogP contribution in [0.4, 0.5) is 10.5 Å². The van der Waals surface area contributed by atoms with Gasteiger partial charge in [0, 0.05) is 22.1 Å². The molecular weight excluding hydrogens is 512 g/mol. The Kier molecular flexibility index (Phi) is 7.21. The molecule has 0 aromatic heterocycles. The van der Waals surface area contributed by atoms with Crippen LogP contribution in [-0.4, -0.2) is 47.2 Å². The quantitative estimate of drug-likeness (QED) is 0.401. The zero-order chi connectivity index (χ0) is 25.1. The third-order valence-electron chi connectivity index (χ3n) is 5.98. The molecule has 2 amide bonds. The highest BCUT2D eigenvalue weighted by molar-refractivity contribution is 9.10. The minimum atomic E-state index is -1.10. The first-order valence-electron chi connectivity index (χ1n) is 11.2. The minimum Gasteiger partial charge on any atom is -0.480 e. The third kappa shape index (κ3) is 5.22. The summed E-state index contributed by atoms with van der Waals surface area (Å²) in [5.74, 6) is -1.62. The number of anilines is 1. The van der Waals surface area contributed by atoms with E-state index in [4.69, 9.17) is 9.84 Å². The number of halogens is 1. The molecule has 0 atom stereocenters. The van der Waals surface area contributed by atoms with Crippen LogP contribution in [0.1, 0.15) is 41.3 Å². The zero-order valence-electron chi connectivity index (χ0n) is 19.3. The third-order valence-corrected chi connectivity index (χ3v) is 6.67. The zero-order valence-corrected chi connectivity index (χ0v) is 20.9. The van der Waals surface area contributed by atoms with Gasteiger partial charge in [-0.25, -0.2) is 4.79 Å². The van der Waals surface area contributed by atoms with Crippen LogP contribution in [0.25, 0.3) is 11.1 Å². The fourth-order valence-electron chi connectivity index (χ4n) is 4.31. The number of nitrogens with one attached hydrogen (secondary N) is 1. The van der Waals surface area contributed by atoms with Gasteiger partial charge in [0.15, 0.2) is 0 Å². The van der Waals surface area contributed by atoms with Crippen molar-refractivity contribution in [2.24, 2.45) is 0 Å². The monoisotopic (exact) mass is 536 g/mol. The maximum absolute atomic E-state index is 13.0. The second kappa shape index (κ2) is 10.3. The van der Waals surface area contributed by atoms with Gasteiger partial charge in [-0.3, -0.25) is 14.9 Å². The average Bonchev–Trinajstić information content (AvgIpc) is 3.15. The number of hydrogen-bond acceptors (Lipinski definition) is 4. The number of carbonyl (C=O) groups excluding carboxylic acids is 2. The number of rotatable bonds is 7. The Hall–Kier alpha value is -3.65. The molecule has 0 radical (unpaired) electrons. The normalized spacial score (nSPS) is 12.1. The predicted octanol–water partition coefficient (Wildman–Crippen LogP) is 5.75. The molecule has 0 saturated carbocycles. The fourth-order valence-corrected chi connectivity index (χ4v) is 4.72. The van der Waals surface area contributed by atoms with E-state index in [2.05, 4.69) is 33.4 Å². The Labute approximate surface area is 211 Å². The van der Waals surface area contributed by atoms with Crippen LogP contribution in [-0.2, 0) is 9.53 Å². The molecule has 1 aliphatic carbocycles. The molecule has 0 spiro atoms. The number of amides is 2.